The molecule has 1 saturated carbocycles. The normalized spacial score (nSPS) is 21.9. The molecular weight excluding hydrogens is 682 g/mol. The molecule has 5 atom stereocenters. The number of fused-ring (bicyclic) bond motifs is 1. The largest absolute Gasteiger partial charge is 0.504 e. The minimum absolute atomic E-state index is 0.0415. The van der Waals surface area contributed by atoms with E-state index in [1.165, 1.54) is 12.1 Å². The number of hydrogen-bond donors (Lipinski definition) is 5. The van der Waals surface area contributed by atoms with Crippen molar-refractivity contribution in [3.63, 3.8) is 0 Å². The maximum Gasteiger partial charge on any atom is 0.252 e. The molecule has 4 aromatic carbocycles. The van der Waals surface area contributed by atoms with E-state index in [0.717, 1.165) is 43.2 Å². The van der Waals surface area contributed by atoms with Crippen molar-refractivity contribution in [2.75, 3.05) is 0 Å². The monoisotopic (exact) mass is 723 g/mol. The molecule has 12 heteroatoms. The van der Waals surface area contributed by atoms with Crippen LogP contribution >= 0.6 is 0 Å². The molecule has 53 heavy (non-hydrogen) atoms. The third-order valence-corrected chi connectivity index (χ3v) is 9.55. The summed E-state index contributed by atoms with van der Waals surface area (Å²) in [6, 6.07) is 28.2. The molecule has 1 amide bonds. The second-order valence-corrected chi connectivity index (χ2v) is 13.3. The number of hydrogen-bond acceptors (Lipinski definition) is 11. The number of carbonyl (C=O) groups excluding carboxylic acids is 1. The van der Waals surface area contributed by atoms with Gasteiger partial charge in [0, 0.05) is 23.7 Å². The molecule has 1 aromatic heterocycles. The van der Waals surface area contributed by atoms with Crippen molar-refractivity contribution in [1.82, 2.24) is 5.32 Å². The summed E-state index contributed by atoms with van der Waals surface area (Å²) in [5, 5.41) is 46.7. The van der Waals surface area contributed by atoms with Crippen molar-refractivity contribution >= 4 is 16.9 Å². The summed E-state index contributed by atoms with van der Waals surface area (Å²) in [7, 11) is 0. The summed E-state index contributed by atoms with van der Waals surface area (Å²) < 4.78 is 29.9. The molecule has 5 N–H and O–H groups in total. The summed E-state index contributed by atoms with van der Waals surface area (Å²) in [6.07, 6.45) is -4.13. The highest BCUT2D eigenvalue weighted by Crippen LogP contribution is 2.44. The van der Waals surface area contributed by atoms with Crippen LogP contribution < -0.4 is 25.0 Å². The predicted octanol–water partition coefficient (Wildman–Crippen LogP) is 4.96. The molecular formula is C41H41NO11. The Labute approximate surface area is 305 Å². The molecule has 2 fully saturated rings. The molecule has 12 nitrogen and oxygen atoms in total. The highest BCUT2D eigenvalue weighted by Gasteiger charge is 2.48. The Bertz CT molecular complexity index is 2060. The maximum atomic E-state index is 13.5. The number of aliphatic hydroxyl groups excluding tert-OH is 3. The fourth-order valence-corrected chi connectivity index (χ4v) is 6.63. The lowest BCUT2D eigenvalue weighted by molar-refractivity contribution is -0.267. The molecule has 0 spiro atoms. The van der Waals surface area contributed by atoms with Crippen LogP contribution in [0.5, 0.6) is 23.0 Å². The standard InChI is InChI=1S/C41H41NO11/c43-29-20-30(26-16-18-28(19-17-26)49-22-24-10-4-1-5-11-24)51-31-21-32(38(34(44)33(29)31)50-23-25-12-6-2-7-13-25)52-41-37(47)35(45)36(46)39(53-41)40(48)42-27-14-8-3-9-15-27/h1-2,4-7,10-13,16-21,27,35-37,39,41,44-47H,3,8-9,14-15,22-23H2,(H,42,48). The number of aromatic hydroxyl groups is 1. The minimum atomic E-state index is -1.82. The Kier molecular flexibility index (Phi) is 10.9. The molecule has 5 unspecified atom stereocenters. The Balaban J connectivity index is 1.19. The van der Waals surface area contributed by atoms with Crippen molar-refractivity contribution in [1.29, 1.82) is 0 Å². The second-order valence-electron chi connectivity index (χ2n) is 13.3. The first kappa shape index (κ1) is 36.0. The van der Waals surface area contributed by atoms with Crippen LogP contribution in [0, 0.1) is 0 Å². The third-order valence-electron chi connectivity index (χ3n) is 9.55. The fourth-order valence-electron chi connectivity index (χ4n) is 6.63. The topological polar surface area (TPSA) is 177 Å². The molecule has 1 saturated heterocycles. The zero-order valence-electron chi connectivity index (χ0n) is 28.8. The molecule has 1 aliphatic heterocycles. The van der Waals surface area contributed by atoms with E-state index in [9.17, 15) is 30.0 Å². The van der Waals surface area contributed by atoms with E-state index in [4.69, 9.17) is 23.4 Å². The van der Waals surface area contributed by atoms with Gasteiger partial charge >= 0.3 is 0 Å². The SMILES string of the molecule is O=C(NC1CCCCC1)C1OC(Oc2cc3oc(-c4ccc(OCc5ccccc5)cc4)cc(=O)c3c(O)c2OCc2ccccc2)C(O)C(O)C1O. The first-order valence-corrected chi connectivity index (χ1v) is 17.7. The molecule has 276 valence electrons. The van der Waals surface area contributed by atoms with E-state index in [-0.39, 0.29) is 40.9 Å². The van der Waals surface area contributed by atoms with Gasteiger partial charge in [0.1, 0.15) is 54.0 Å². The highest BCUT2D eigenvalue weighted by molar-refractivity contribution is 5.89. The Morgan fingerprint density at radius 2 is 1.42 bits per heavy atom. The van der Waals surface area contributed by atoms with Gasteiger partial charge in [-0.05, 0) is 48.2 Å². The Morgan fingerprint density at radius 3 is 2.08 bits per heavy atom. The van der Waals surface area contributed by atoms with Gasteiger partial charge in [-0.3, -0.25) is 9.59 Å². The van der Waals surface area contributed by atoms with Gasteiger partial charge in [0.2, 0.25) is 12.0 Å². The second kappa shape index (κ2) is 16.1. The van der Waals surface area contributed by atoms with Gasteiger partial charge < -0.3 is 49.1 Å². The van der Waals surface area contributed by atoms with Crippen LogP contribution in [0.1, 0.15) is 43.2 Å². The number of rotatable bonds is 11. The van der Waals surface area contributed by atoms with Crippen molar-refractivity contribution in [3.05, 3.63) is 118 Å². The zero-order valence-corrected chi connectivity index (χ0v) is 28.8. The Hall–Kier alpha value is -5.40. The number of nitrogens with one attached hydrogen (secondary N) is 1. The van der Waals surface area contributed by atoms with Gasteiger partial charge in [-0.1, -0.05) is 79.9 Å². The van der Waals surface area contributed by atoms with Gasteiger partial charge in [0.25, 0.3) is 5.91 Å². The zero-order chi connectivity index (χ0) is 36.9. The van der Waals surface area contributed by atoms with Crippen molar-refractivity contribution in [3.8, 4) is 34.3 Å². The van der Waals surface area contributed by atoms with Crippen molar-refractivity contribution in [2.45, 2.75) is 82.1 Å². The summed E-state index contributed by atoms with van der Waals surface area (Å²) in [6.45, 7) is 0.337. The Morgan fingerprint density at radius 1 is 0.774 bits per heavy atom. The summed E-state index contributed by atoms with van der Waals surface area (Å²) in [4.78, 5) is 26.8. The van der Waals surface area contributed by atoms with Crippen LogP contribution in [-0.2, 0) is 22.7 Å². The van der Waals surface area contributed by atoms with Crippen LogP contribution in [0.25, 0.3) is 22.3 Å². The van der Waals surface area contributed by atoms with Crippen LogP contribution in [0.3, 0.4) is 0 Å². The number of ether oxygens (including phenoxy) is 4. The van der Waals surface area contributed by atoms with Gasteiger partial charge in [-0.15, -0.1) is 0 Å². The fraction of sp³-hybridized carbons (Fsp3) is 0.317. The highest BCUT2D eigenvalue weighted by atomic mass is 16.7. The third kappa shape index (κ3) is 8.16. The van der Waals surface area contributed by atoms with Gasteiger partial charge in [-0.2, -0.15) is 0 Å². The van der Waals surface area contributed by atoms with E-state index >= 15 is 0 Å². The van der Waals surface area contributed by atoms with E-state index in [2.05, 4.69) is 5.32 Å². The number of carbonyl (C=O) groups is 1. The molecule has 7 rings (SSSR count). The van der Waals surface area contributed by atoms with Gasteiger partial charge in [0.15, 0.2) is 23.0 Å². The van der Waals surface area contributed by atoms with Crippen LogP contribution in [0.15, 0.2) is 106 Å². The molecule has 2 heterocycles. The first-order chi connectivity index (χ1) is 25.7. The van der Waals surface area contributed by atoms with Crippen molar-refractivity contribution < 1.29 is 48.6 Å². The van der Waals surface area contributed by atoms with Crippen LogP contribution in [0.4, 0.5) is 0 Å². The van der Waals surface area contributed by atoms with E-state index in [1.807, 2.05) is 48.5 Å². The smallest absolute Gasteiger partial charge is 0.252 e. The molecule has 0 bridgehead atoms. The van der Waals surface area contributed by atoms with Gasteiger partial charge in [-0.25, -0.2) is 0 Å². The number of phenolic OH excluding ortho intramolecular Hbond substituents is 1. The van der Waals surface area contributed by atoms with Crippen molar-refractivity contribution in [2.24, 2.45) is 0 Å². The van der Waals surface area contributed by atoms with E-state index < -0.39 is 47.8 Å². The summed E-state index contributed by atoms with van der Waals surface area (Å²) in [5.74, 6) is -0.921. The maximum absolute atomic E-state index is 13.5. The molecule has 5 aromatic rings. The lowest BCUT2D eigenvalue weighted by Crippen LogP contribution is -2.63. The van der Waals surface area contributed by atoms with Gasteiger partial charge in [0.05, 0.1) is 0 Å². The summed E-state index contributed by atoms with van der Waals surface area (Å²) >= 11 is 0. The molecule has 0 radical (unpaired) electrons. The number of benzene rings is 4. The predicted molar refractivity (Wildman–Crippen MR) is 193 cm³/mol. The average Bonchev–Trinajstić information content (AvgIpc) is 3.18. The van der Waals surface area contributed by atoms with Crippen LogP contribution in [-0.4, -0.2) is 63.1 Å². The quantitative estimate of drug-likeness (QED) is 0.125. The van der Waals surface area contributed by atoms with E-state index in [0.29, 0.717) is 17.9 Å². The summed E-state index contributed by atoms with van der Waals surface area (Å²) in [5.41, 5.74) is 1.66. The molecule has 2 aliphatic rings. The van der Waals surface area contributed by atoms with E-state index in [1.54, 1.807) is 36.4 Å². The minimum Gasteiger partial charge on any atom is -0.504 e. The number of phenols is 1. The number of aliphatic hydroxyl groups is 3. The average molecular weight is 724 g/mol. The lowest BCUT2D eigenvalue weighted by atomic mass is 9.94. The lowest BCUT2D eigenvalue weighted by Gasteiger charge is -2.40. The molecule has 1 aliphatic carbocycles. The van der Waals surface area contributed by atoms with Crippen LogP contribution in [0.2, 0.25) is 0 Å². The first-order valence-electron chi connectivity index (χ1n) is 17.7. The number of amides is 1.